The molecular formula is C16H22FIN2O2Si. The highest BCUT2D eigenvalue weighted by atomic mass is 127. The topological polar surface area (TPSA) is 36.3 Å². The molecule has 0 saturated carbocycles. The average Bonchev–Trinajstić information content (AvgIpc) is 2.83. The Labute approximate surface area is 151 Å². The van der Waals surface area contributed by atoms with E-state index in [0.717, 1.165) is 9.74 Å². The van der Waals surface area contributed by atoms with Crippen LogP contribution in [0.1, 0.15) is 0 Å². The second kappa shape index (κ2) is 7.76. The molecule has 0 saturated heterocycles. The number of methoxy groups -OCH3 is 1. The van der Waals surface area contributed by atoms with E-state index in [0.29, 0.717) is 30.3 Å². The summed E-state index contributed by atoms with van der Waals surface area (Å²) < 4.78 is 27.8. The number of aromatic nitrogens is 2. The quantitative estimate of drug-likeness (QED) is 0.353. The summed E-state index contributed by atoms with van der Waals surface area (Å²) in [6.07, 6.45) is 0. The van der Waals surface area contributed by atoms with Crippen LogP contribution in [0, 0.1) is 9.52 Å². The minimum absolute atomic E-state index is 0.306. The Morgan fingerprint density at radius 2 is 2.04 bits per heavy atom. The lowest BCUT2D eigenvalue weighted by Gasteiger charge is -2.16. The lowest BCUT2D eigenvalue weighted by atomic mass is 10.1. The molecular weight excluding hydrogens is 426 g/mol. The molecule has 1 aromatic heterocycles. The van der Waals surface area contributed by atoms with Crippen molar-refractivity contribution in [1.82, 2.24) is 9.78 Å². The Hall–Kier alpha value is -0.933. The van der Waals surface area contributed by atoms with Crippen molar-refractivity contribution in [3.05, 3.63) is 33.8 Å². The van der Waals surface area contributed by atoms with Crippen LogP contribution < -0.4 is 4.74 Å². The number of halogens is 2. The number of hydrogen-bond acceptors (Lipinski definition) is 3. The van der Waals surface area contributed by atoms with Crippen LogP contribution in [0.5, 0.6) is 5.75 Å². The van der Waals surface area contributed by atoms with Crippen LogP contribution in [-0.2, 0) is 11.5 Å². The third kappa shape index (κ3) is 5.02. The van der Waals surface area contributed by atoms with E-state index in [9.17, 15) is 4.39 Å². The van der Waals surface area contributed by atoms with E-state index in [1.807, 2.05) is 6.07 Å². The SMILES string of the molecule is COc1cccc(F)c1-c1cc(I)nn1COCC[Si](C)(C)C. The summed E-state index contributed by atoms with van der Waals surface area (Å²) in [4.78, 5) is 0. The summed E-state index contributed by atoms with van der Waals surface area (Å²) in [6.45, 7) is 7.93. The number of benzene rings is 1. The molecule has 0 spiro atoms. The van der Waals surface area contributed by atoms with Crippen molar-refractivity contribution in [2.45, 2.75) is 32.4 Å². The summed E-state index contributed by atoms with van der Waals surface area (Å²) in [7, 11) is 0.409. The first-order chi connectivity index (χ1) is 10.8. The van der Waals surface area contributed by atoms with Gasteiger partial charge in [0.1, 0.15) is 22.0 Å². The van der Waals surface area contributed by atoms with Crippen molar-refractivity contribution in [3.8, 4) is 17.0 Å². The van der Waals surface area contributed by atoms with E-state index in [-0.39, 0.29) is 5.82 Å². The fourth-order valence-corrected chi connectivity index (χ4v) is 3.45. The zero-order chi connectivity index (χ0) is 17.0. The normalized spacial score (nSPS) is 11.7. The Kier molecular flexibility index (Phi) is 6.21. The Balaban J connectivity index is 2.22. The molecule has 126 valence electrons. The van der Waals surface area contributed by atoms with Gasteiger partial charge in [-0.05, 0) is 46.8 Å². The molecule has 0 bridgehead atoms. The van der Waals surface area contributed by atoms with Crippen molar-refractivity contribution in [3.63, 3.8) is 0 Å². The molecule has 0 aliphatic rings. The van der Waals surface area contributed by atoms with Gasteiger partial charge in [0.25, 0.3) is 0 Å². The van der Waals surface area contributed by atoms with E-state index in [2.05, 4.69) is 47.3 Å². The van der Waals surface area contributed by atoms with Gasteiger partial charge in [-0.1, -0.05) is 25.7 Å². The predicted octanol–water partition coefficient (Wildman–Crippen LogP) is 4.61. The highest BCUT2D eigenvalue weighted by molar-refractivity contribution is 14.1. The fourth-order valence-electron chi connectivity index (χ4n) is 2.14. The molecule has 0 atom stereocenters. The van der Waals surface area contributed by atoms with E-state index >= 15 is 0 Å². The van der Waals surface area contributed by atoms with Crippen LogP contribution in [0.3, 0.4) is 0 Å². The van der Waals surface area contributed by atoms with E-state index in [4.69, 9.17) is 9.47 Å². The molecule has 0 N–H and O–H groups in total. The molecule has 0 unspecified atom stereocenters. The second-order valence-corrected chi connectivity index (χ2v) is 13.2. The van der Waals surface area contributed by atoms with Crippen molar-refractivity contribution in [2.24, 2.45) is 0 Å². The van der Waals surface area contributed by atoms with E-state index in [1.54, 1.807) is 16.8 Å². The third-order valence-corrected chi connectivity index (χ3v) is 5.64. The van der Waals surface area contributed by atoms with Crippen LogP contribution in [0.4, 0.5) is 4.39 Å². The highest BCUT2D eigenvalue weighted by Crippen LogP contribution is 2.33. The molecule has 23 heavy (non-hydrogen) atoms. The highest BCUT2D eigenvalue weighted by Gasteiger charge is 2.18. The molecule has 1 heterocycles. The summed E-state index contributed by atoms with van der Waals surface area (Å²) in [5, 5.41) is 4.40. The largest absolute Gasteiger partial charge is 0.496 e. The van der Waals surface area contributed by atoms with Gasteiger partial charge < -0.3 is 9.47 Å². The molecule has 0 aliphatic heterocycles. The summed E-state index contributed by atoms with van der Waals surface area (Å²) in [5.41, 5.74) is 1.08. The maximum atomic E-state index is 14.3. The molecule has 0 fully saturated rings. The summed E-state index contributed by atoms with van der Waals surface area (Å²) >= 11 is 2.12. The first-order valence-electron chi connectivity index (χ1n) is 7.46. The van der Waals surface area contributed by atoms with Crippen LogP contribution in [-0.4, -0.2) is 31.6 Å². The minimum Gasteiger partial charge on any atom is -0.496 e. The lowest BCUT2D eigenvalue weighted by molar-refractivity contribution is 0.0795. The number of ether oxygens (including phenoxy) is 2. The Morgan fingerprint density at radius 1 is 1.30 bits per heavy atom. The van der Waals surface area contributed by atoms with Gasteiger partial charge in [-0.2, -0.15) is 5.10 Å². The van der Waals surface area contributed by atoms with Gasteiger partial charge in [0.2, 0.25) is 0 Å². The predicted molar refractivity (Wildman–Crippen MR) is 101 cm³/mol. The van der Waals surface area contributed by atoms with Crippen molar-refractivity contribution in [2.75, 3.05) is 13.7 Å². The number of nitrogens with zero attached hydrogens (tertiary/aromatic N) is 2. The van der Waals surface area contributed by atoms with Gasteiger partial charge >= 0.3 is 0 Å². The van der Waals surface area contributed by atoms with Gasteiger partial charge in [0.15, 0.2) is 0 Å². The molecule has 4 nitrogen and oxygen atoms in total. The van der Waals surface area contributed by atoms with E-state index in [1.165, 1.54) is 13.2 Å². The monoisotopic (exact) mass is 448 g/mol. The second-order valence-electron chi connectivity index (χ2n) is 6.52. The average molecular weight is 448 g/mol. The van der Waals surface area contributed by atoms with Crippen molar-refractivity contribution >= 4 is 30.7 Å². The first kappa shape index (κ1) is 18.4. The summed E-state index contributed by atoms with van der Waals surface area (Å²) in [5.74, 6) is 0.161. The standard InChI is InChI=1S/C16H22FIN2O2Si/c1-21-14-7-5-6-12(17)16(14)13-10-15(18)19-20(13)11-22-8-9-23(2,3)4/h5-7,10H,8-9,11H2,1-4H3. The number of rotatable bonds is 7. The van der Waals surface area contributed by atoms with Gasteiger partial charge in [-0.15, -0.1) is 0 Å². The molecule has 7 heteroatoms. The molecule has 1 aromatic carbocycles. The minimum atomic E-state index is -1.13. The maximum absolute atomic E-state index is 14.3. The fraction of sp³-hybridized carbons (Fsp3) is 0.438. The van der Waals surface area contributed by atoms with Gasteiger partial charge in [-0.25, -0.2) is 9.07 Å². The van der Waals surface area contributed by atoms with Crippen molar-refractivity contribution < 1.29 is 13.9 Å². The van der Waals surface area contributed by atoms with Crippen molar-refractivity contribution in [1.29, 1.82) is 0 Å². The van der Waals surface area contributed by atoms with Crippen LogP contribution in [0.2, 0.25) is 25.7 Å². The molecule has 0 amide bonds. The van der Waals surface area contributed by atoms with Gasteiger partial charge in [0.05, 0.1) is 18.4 Å². The number of hydrogen-bond donors (Lipinski definition) is 0. The Bertz CT molecular complexity index is 671. The summed E-state index contributed by atoms with van der Waals surface area (Å²) in [6, 6.07) is 7.73. The zero-order valence-corrected chi connectivity index (χ0v) is 17.1. The first-order valence-corrected chi connectivity index (χ1v) is 12.2. The molecule has 2 rings (SSSR count). The third-order valence-electron chi connectivity index (χ3n) is 3.41. The van der Waals surface area contributed by atoms with Crippen LogP contribution in [0.25, 0.3) is 11.3 Å². The van der Waals surface area contributed by atoms with Gasteiger partial charge in [0, 0.05) is 14.7 Å². The zero-order valence-electron chi connectivity index (χ0n) is 13.9. The molecule has 0 radical (unpaired) electrons. The van der Waals surface area contributed by atoms with Crippen LogP contribution >= 0.6 is 22.6 Å². The van der Waals surface area contributed by atoms with Gasteiger partial charge in [-0.3, -0.25) is 0 Å². The molecule has 0 aliphatic carbocycles. The smallest absolute Gasteiger partial charge is 0.140 e. The van der Waals surface area contributed by atoms with Crippen LogP contribution in [0.15, 0.2) is 24.3 Å². The molecule has 2 aromatic rings. The Morgan fingerprint density at radius 3 is 2.70 bits per heavy atom. The maximum Gasteiger partial charge on any atom is 0.140 e. The lowest BCUT2D eigenvalue weighted by Crippen LogP contribution is -2.22. The van der Waals surface area contributed by atoms with E-state index < -0.39 is 8.07 Å².